The zero-order valence-corrected chi connectivity index (χ0v) is 17.1. The summed E-state index contributed by atoms with van der Waals surface area (Å²) in [5.41, 5.74) is 2.36. The van der Waals surface area contributed by atoms with Gasteiger partial charge in [-0.3, -0.25) is 9.59 Å². The summed E-state index contributed by atoms with van der Waals surface area (Å²) in [5, 5.41) is 7.12. The molecule has 4 rings (SSSR count). The van der Waals surface area contributed by atoms with E-state index in [0.717, 1.165) is 21.2 Å². The fourth-order valence-corrected chi connectivity index (χ4v) is 3.53. The molecule has 0 saturated carbocycles. The highest BCUT2D eigenvalue weighted by Crippen LogP contribution is 2.30. The summed E-state index contributed by atoms with van der Waals surface area (Å²) in [5.74, 6) is -0.457. The molecule has 0 aliphatic carbocycles. The van der Waals surface area contributed by atoms with Gasteiger partial charge in [0.1, 0.15) is 18.0 Å². The molecule has 1 aliphatic rings. The number of hydrogen-bond donors (Lipinski definition) is 2. The van der Waals surface area contributed by atoms with Crippen LogP contribution in [-0.4, -0.2) is 36.4 Å². The lowest BCUT2D eigenvalue weighted by Gasteiger charge is -2.12. The van der Waals surface area contributed by atoms with E-state index in [0.29, 0.717) is 17.0 Å². The van der Waals surface area contributed by atoms with Gasteiger partial charge in [-0.1, -0.05) is 42.5 Å². The molecule has 0 aromatic heterocycles. The average molecular weight is 415 g/mol. The van der Waals surface area contributed by atoms with Gasteiger partial charge < -0.3 is 15.4 Å². The second kappa shape index (κ2) is 8.31. The minimum absolute atomic E-state index is 0.0861. The van der Waals surface area contributed by atoms with Crippen LogP contribution >= 0.6 is 0 Å². The topological polar surface area (TPSA) is 87.7 Å². The van der Waals surface area contributed by atoms with Crippen molar-refractivity contribution >= 4 is 40.4 Å². The standard InChI is InChI=1S/C24H21N3O4/c1-15-6-5-8-17(12-15)25-22(28)14-27-23(29)20(26-24(27)30)13-19-18-9-4-3-7-16(18)10-11-21(19)31-2/h3-13H,14H2,1-2H3,(H,25,28)(H,26,30)/b20-13-. The number of ether oxygens (including phenoxy) is 1. The number of carbonyl (C=O) groups is 3. The Morgan fingerprint density at radius 2 is 1.90 bits per heavy atom. The molecule has 1 fully saturated rings. The van der Waals surface area contributed by atoms with Crippen LogP contribution in [0, 0.1) is 6.92 Å². The summed E-state index contributed by atoms with van der Waals surface area (Å²) >= 11 is 0. The van der Waals surface area contributed by atoms with Gasteiger partial charge in [-0.2, -0.15) is 0 Å². The number of fused-ring (bicyclic) bond motifs is 1. The molecule has 1 saturated heterocycles. The van der Waals surface area contributed by atoms with E-state index in [4.69, 9.17) is 4.74 Å². The van der Waals surface area contributed by atoms with E-state index in [9.17, 15) is 14.4 Å². The van der Waals surface area contributed by atoms with E-state index in [2.05, 4.69) is 10.6 Å². The fraction of sp³-hybridized carbons (Fsp3) is 0.125. The Balaban J connectivity index is 1.58. The van der Waals surface area contributed by atoms with Gasteiger partial charge in [-0.15, -0.1) is 0 Å². The summed E-state index contributed by atoms with van der Waals surface area (Å²) in [4.78, 5) is 38.5. The van der Waals surface area contributed by atoms with E-state index < -0.39 is 17.8 Å². The maximum absolute atomic E-state index is 12.9. The molecule has 3 aromatic carbocycles. The Morgan fingerprint density at radius 1 is 1.10 bits per heavy atom. The third-order valence-corrected chi connectivity index (χ3v) is 5.01. The first-order chi connectivity index (χ1) is 15.0. The average Bonchev–Trinajstić information content (AvgIpc) is 3.01. The predicted molar refractivity (Wildman–Crippen MR) is 119 cm³/mol. The molecule has 3 aromatic rings. The Bertz CT molecular complexity index is 1230. The van der Waals surface area contributed by atoms with Crippen molar-refractivity contribution in [3.8, 4) is 5.75 Å². The smallest absolute Gasteiger partial charge is 0.329 e. The molecule has 0 spiro atoms. The lowest BCUT2D eigenvalue weighted by molar-refractivity contribution is -0.127. The molecule has 1 aliphatic heterocycles. The van der Waals surface area contributed by atoms with Crippen LogP contribution in [0.5, 0.6) is 5.75 Å². The molecule has 31 heavy (non-hydrogen) atoms. The number of nitrogens with zero attached hydrogens (tertiary/aromatic N) is 1. The maximum atomic E-state index is 12.9. The van der Waals surface area contributed by atoms with Crippen LogP contribution in [0.1, 0.15) is 11.1 Å². The highest BCUT2D eigenvalue weighted by molar-refractivity contribution is 6.16. The van der Waals surface area contributed by atoms with Gasteiger partial charge in [0.25, 0.3) is 5.91 Å². The van der Waals surface area contributed by atoms with Gasteiger partial charge >= 0.3 is 6.03 Å². The molecule has 7 heteroatoms. The minimum atomic E-state index is -0.644. The summed E-state index contributed by atoms with van der Waals surface area (Å²) in [6.45, 7) is 1.52. The zero-order valence-electron chi connectivity index (χ0n) is 17.1. The first-order valence-corrected chi connectivity index (χ1v) is 9.73. The predicted octanol–water partition coefficient (Wildman–Crippen LogP) is 3.69. The Labute approximate surface area is 179 Å². The Morgan fingerprint density at radius 3 is 2.68 bits per heavy atom. The van der Waals surface area contributed by atoms with E-state index in [1.165, 1.54) is 0 Å². The van der Waals surface area contributed by atoms with Crippen molar-refractivity contribution in [2.75, 3.05) is 19.0 Å². The Kier molecular flexibility index (Phi) is 5.41. The molecule has 1 heterocycles. The first kappa shape index (κ1) is 20.2. The molecule has 7 nitrogen and oxygen atoms in total. The largest absolute Gasteiger partial charge is 0.496 e. The van der Waals surface area contributed by atoms with Crippen LogP contribution < -0.4 is 15.4 Å². The minimum Gasteiger partial charge on any atom is -0.496 e. The molecule has 0 atom stereocenters. The number of benzene rings is 3. The Hall–Kier alpha value is -4.13. The van der Waals surface area contributed by atoms with Crippen molar-refractivity contribution in [3.05, 3.63) is 77.5 Å². The SMILES string of the molecule is COc1ccc2ccccc2c1/C=C1\NC(=O)N(CC(=O)Nc2cccc(C)c2)C1=O. The third-order valence-electron chi connectivity index (χ3n) is 5.01. The summed E-state index contributed by atoms with van der Waals surface area (Å²) in [7, 11) is 1.54. The number of methoxy groups -OCH3 is 1. The van der Waals surface area contributed by atoms with Gasteiger partial charge in [0.2, 0.25) is 5.91 Å². The number of rotatable bonds is 5. The molecule has 156 valence electrons. The van der Waals surface area contributed by atoms with Crippen molar-refractivity contribution in [1.82, 2.24) is 10.2 Å². The van der Waals surface area contributed by atoms with Gasteiger partial charge in [0, 0.05) is 11.3 Å². The highest BCUT2D eigenvalue weighted by atomic mass is 16.5. The summed E-state index contributed by atoms with van der Waals surface area (Å²) in [6.07, 6.45) is 1.58. The van der Waals surface area contributed by atoms with Crippen LogP contribution in [0.2, 0.25) is 0 Å². The lowest BCUT2D eigenvalue weighted by Crippen LogP contribution is -2.38. The van der Waals surface area contributed by atoms with Crippen molar-refractivity contribution in [2.24, 2.45) is 0 Å². The van der Waals surface area contributed by atoms with Crippen molar-refractivity contribution in [3.63, 3.8) is 0 Å². The van der Waals surface area contributed by atoms with E-state index in [1.807, 2.05) is 61.5 Å². The monoisotopic (exact) mass is 415 g/mol. The summed E-state index contributed by atoms with van der Waals surface area (Å²) in [6, 6.07) is 18.0. The molecular formula is C24H21N3O4. The zero-order chi connectivity index (χ0) is 22.0. The lowest BCUT2D eigenvalue weighted by atomic mass is 10.0. The summed E-state index contributed by atoms with van der Waals surface area (Å²) < 4.78 is 5.45. The number of amides is 4. The third kappa shape index (κ3) is 4.11. The second-order valence-corrected chi connectivity index (χ2v) is 7.20. The molecule has 0 unspecified atom stereocenters. The quantitative estimate of drug-likeness (QED) is 0.491. The van der Waals surface area contributed by atoms with Gasteiger partial charge in [-0.25, -0.2) is 9.69 Å². The molecule has 2 N–H and O–H groups in total. The van der Waals surface area contributed by atoms with Gasteiger partial charge in [0.05, 0.1) is 7.11 Å². The van der Waals surface area contributed by atoms with Crippen molar-refractivity contribution in [1.29, 1.82) is 0 Å². The number of aryl methyl sites for hydroxylation is 1. The van der Waals surface area contributed by atoms with Crippen LogP contribution in [0.3, 0.4) is 0 Å². The number of nitrogens with one attached hydrogen (secondary N) is 2. The second-order valence-electron chi connectivity index (χ2n) is 7.20. The van der Waals surface area contributed by atoms with Gasteiger partial charge in [0.15, 0.2) is 0 Å². The maximum Gasteiger partial charge on any atom is 0.329 e. The number of hydrogen-bond acceptors (Lipinski definition) is 4. The number of imide groups is 1. The molecule has 0 radical (unpaired) electrons. The number of anilines is 1. The normalized spacial score (nSPS) is 14.8. The van der Waals surface area contributed by atoms with Crippen LogP contribution in [-0.2, 0) is 9.59 Å². The molecular weight excluding hydrogens is 394 g/mol. The van der Waals surface area contributed by atoms with E-state index in [1.54, 1.807) is 19.3 Å². The number of urea groups is 1. The van der Waals surface area contributed by atoms with Crippen molar-refractivity contribution in [2.45, 2.75) is 6.92 Å². The van der Waals surface area contributed by atoms with Gasteiger partial charge in [-0.05, 0) is 47.5 Å². The first-order valence-electron chi connectivity index (χ1n) is 9.73. The van der Waals surface area contributed by atoms with Crippen LogP contribution in [0.15, 0.2) is 66.4 Å². The van der Waals surface area contributed by atoms with Crippen molar-refractivity contribution < 1.29 is 19.1 Å². The highest BCUT2D eigenvalue weighted by Gasteiger charge is 2.35. The molecule has 0 bridgehead atoms. The van der Waals surface area contributed by atoms with E-state index >= 15 is 0 Å². The van der Waals surface area contributed by atoms with E-state index in [-0.39, 0.29) is 12.2 Å². The van der Waals surface area contributed by atoms with Crippen LogP contribution in [0.25, 0.3) is 16.8 Å². The number of carbonyl (C=O) groups excluding carboxylic acids is 3. The molecule has 4 amide bonds. The van der Waals surface area contributed by atoms with Crippen LogP contribution in [0.4, 0.5) is 10.5 Å². The fourth-order valence-electron chi connectivity index (χ4n) is 3.53.